The highest BCUT2D eigenvalue weighted by Gasteiger charge is 2.49. The van der Waals surface area contributed by atoms with Gasteiger partial charge in [0.25, 0.3) is 5.91 Å². The van der Waals surface area contributed by atoms with Gasteiger partial charge in [0.1, 0.15) is 12.1 Å². The maximum Gasteiger partial charge on any atom is 0.255 e. The molecule has 1 unspecified atom stereocenters. The fraction of sp³-hybridized carbons (Fsp3) is 0.433. The Morgan fingerprint density at radius 2 is 1.84 bits per heavy atom. The number of aromatic amines is 1. The number of H-pyrrole nitrogens is 1. The third-order valence-corrected chi connectivity index (χ3v) is 8.99. The molecule has 0 saturated heterocycles. The van der Waals surface area contributed by atoms with Crippen LogP contribution < -0.4 is 10.6 Å². The van der Waals surface area contributed by atoms with E-state index in [0.29, 0.717) is 18.4 Å². The van der Waals surface area contributed by atoms with Gasteiger partial charge in [-0.25, -0.2) is 0 Å². The Morgan fingerprint density at radius 1 is 1.08 bits per heavy atom. The molecule has 7 nitrogen and oxygen atoms in total. The number of hydrogen-bond donors (Lipinski definition) is 3. The minimum absolute atomic E-state index is 0.115. The lowest BCUT2D eigenvalue weighted by Gasteiger charge is -2.38. The molecule has 1 aliphatic carbocycles. The van der Waals surface area contributed by atoms with Gasteiger partial charge in [-0.15, -0.1) is 0 Å². The molecule has 3 aromatic rings. The SMILES string of the molecule is CSCC[C@H](NC(=O)[C@@H]1Cc2c([nH]c3ccccc23)C2c3ccccc3C(=O)N21)C(=O)NC1CCCCC1. The van der Waals surface area contributed by atoms with E-state index in [4.69, 9.17) is 0 Å². The van der Waals surface area contributed by atoms with Crippen molar-refractivity contribution >= 4 is 40.4 Å². The van der Waals surface area contributed by atoms with Crippen LogP contribution in [-0.2, 0) is 16.0 Å². The van der Waals surface area contributed by atoms with Crippen LogP contribution >= 0.6 is 11.8 Å². The number of nitrogens with zero attached hydrogens (tertiary/aromatic N) is 1. The normalized spacial score (nSPS) is 21.5. The average Bonchev–Trinajstić information content (AvgIpc) is 3.46. The molecule has 3 heterocycles. The van der Waals surface area contributed by atoms with Crippen LogP contribution in [0.5, 0.6) is 0 Å². The topological polar surface area (TPSA) is 94.3 Å². The van der Waals surface area contributed by atoms with Crippen molar-refractivity contribution in [1.82, 2.24) is 20.5 Å². The van der Waals surface area contributed by atoms with Crippen molar-refractivity contribution in [3.63, 3.8) is 0 Å². The fourth-order valence-electron chi connectivity index (χ4n) is 6.46. The summed E-state index contributed by atoms with van der Waals surface area (Å²) in [5, 5.41) is 7.34. The van der Waals surface area contributed by atoms with E-state index >= 15 is 0 Å². The molecule has 0 bridgehead atoms. The van der Waals surface area contributed by atoms with E-state index in [-0.39, 0.29) is 29.8 Å². The molecule has 1 saturated carbocycles. The Kier molecular flexibility index (Phi) is 6.91. The lowest BCUT2D eigenvalue weighted by Crippen LogP contribution is -2.57. The number of rotatable bonds is 7. The number of aromatic nitrogens is 1. The monoisotopic (exact) mass is 530 g/mol. The Bertz CT molecular complexity index is 1380. The fourth-order valence-corrected chi connectivity index (χ4v) is 6.93. The molecular formula is C30H34N4O3S. The molecule has 3 N–H and O–H groups in total. The zero-order chi connectivity index (χ0) is 26.2. The number of hydrogen-bond acceptors (Lipinski definition) is 4. The third-order valence-electron chi connectivity index (χ3n) is 8.35. The summed E-state index contributed by atoms with van der Waals surface area (Å²) in [6.07, 6.45) is 8.40. The lowest BCUT2D eigenvalue weighted by atomic mass is 9.89. The maximum atomic E-state index is 14.0. The van der Waals surface area contributed by atoms with E-state index in [9.17, 15) is 14.4 Å². The molecular weight excluding hydrogens is 496 g/mol. The second-order valence-corrected chi connectivity index (χ2v) is 11.7. The van der Waals surface area contributed by atoms with Gasteiger partial charge in [0.05, 0.1) is 6.04 Å². The highest BCUT2D eigenvalue weighted by Crippen LogP contribution is 2.46. The van der Waals surface area contributed by atoms with Gasteiger partial charge in [-0.05, 0) is 54.5 Å². The molecule has 1 fully saturated rings. The van der Waals surface area contributed by atoms with Crippen LogP contribution in [0, 0.1) is 0 Å². The van der Waals surface area contributed by atoms with Crippen LogP contribution in [0.25, 0.3) is 10.9 Å². The Morgan fingerprint density at radius 3 is 2.66 bits per heavy atom. The van der Waals surface area contributed by atoms with Crippen LogP contribution in [-0.4, -0.2) is 57.7 Å². The first-order chi connectivity index (χ1) is 18.6. The summed E-state index contributed by atoms with van der Waals surface area (Å²) in [4.78, 5) is 46.2. The van der Waals surface area contributed by atoms with Crippen molar-refractivity contribution in [3.05, 3.63) is 70.9 Å². The van der Waals surface area contributed by atoms with Gasteiger partial charge in [0, 0.05) is 34.6 Å². The van der Waals surface area contributed by atoms with Gasteiger partial charge in [0.2, 0.25) is 11.8 Å². The number of carbonyl (C=O) groups excluding carboxylic acids is 3. The minimum Gasteiger partial charge on any atom is -0.356 e. The Hall–Kier alpha value is -3.26. The Labute approximate surface area is 227 Å². The highest BCUT2D eigenvalue weighted by atomic mass is 32.2. The van der Waals surface area contributed by atoms with Crippen molar-refractivity contribution < 1.29 is 14.4 Å². The molecule has 1 aromatic heterocycles. The van der Waals surface area contributed by atoms with Gasteiger partial charge in [-0.2, -0.15) is 11.8 Å². The summed E-state index contributed by atoms with van der Waals surface area (Å²) < 4.78 is 0. The van der Waals surface area contributed by atoms with Gasteiger partial charge in [-0.3, -0.25) is 14.4 Å². The zero-order valence-corrected chi connectivity index (χ0v) is 22.5. The number of amides is 3. The zero-order valence-electron chi connectivity index (χ0n) is 21.7. The summed E-state index contributed by atoms with van der Waals surface area (Å²) in [6.45, 7) is 0. The van der Waals surface area contributed by atoms with Gasteiger partial charge >= 0.3 is 0 Å². The number of nitrogens with one attached hydrogen (secondary N) is 3. The van der Waals surface area contributed by atoms with Crippen molar-refractivity contribution in [2.45, 2.75) is 69.1 Å². The molecule has 6 rings (SSSR count). The second kappa shape index (κ2) is 10.5. The third kappa shape index (κ3) is 4.38. The van der Waals surface area contributed by atoms with Crippen molar-refractivity contribution in [2.24, 2.45) is 0 Å². The van der Waals surface area contributed by atoms with Crippen LogP contribution in [0.4, 0.5) is 0 Å². The standard InChI is InChI=1S/C30H34N4O3S/c1-38-16-15-24(28(35)31-18-9-3-2-4-10-18)33-29(36)25-17-22-19-11-7-8-14-23(19)32-26(22)27-20-12-5-6-13-21(20)30(37)34(25)27/h5-8,11-14,18,24-25,27,32H,2-4,9-10,15-17H2,1H3,(H,31,35)(H,33,36)/t24-,25-,27?/m0/s1. The largest absolute Gasteiger partial charge is 0.356 e. The number of para-hydroxylation sites is 1. The van der Waals surface area contributed by atoms with E-state index in [1.807, 2.05) is 48.7 Å². The van der Waals surface area contributed by atoms with Crippen LogP contribution in [0.1, 0.15) is 71.7 Å². The molecule has 198 valence electrons. The first kappa shape index (κ1) is 25.0. The second-order valence-electron chi connectivity index (χ2n) is 10.7. The van der Waals surface area contributed by atoms with Crippen LogP contribution in [0.2, 0.25) is 0 Å². The minimum atomic E-state index is -0.703. The molecule has 3 amide bonds. The van der Waals surface area contributed by atoms with Gasteiger partial charge < -0.3 is 20.5 Å². The molecule has 38 heavy (non-hydrogen) atoms. The predicted octanol–water partition coefficient (Wildman–Crippen LogP) is 4.32. The molecule has 2 aromatic carbocycles. The number of carbonyl (C=O) groups is 3. The lowest BCUT2D eigenvalue weighted by molar-refractivity contribution is -0.132. The Balaban J connectivity index is 1.32. The molecule has 3 atom stereocenters. The predicted molar refractivity (Wildman–Crippen MR) is 150 cm³/mol. The van der Waals surface area contributed by atoms with Crippen LogP contribution in [0.3, 0.4) is 0 Å². The van der Waals surface area contributed by atoms with Crippen LogP contribution in [0.15, 0.2) is 48.5 Å². The quantitative estimate of drug-likeness (QED) is 0.424. The smallest absolute Gasteiger partial charge is 0.255 e. The summed E-state index contributed by atoms with van der Waals surface area (Å²) in [5.41, 5.74) is 4.59. The van der Waals surface area contributed by atoms with E-state index in [1.54, 1.807) is 16.7 Å². The van der Waals surface area contributed by atoms with E-state index in [0.717, 1.165) is 59.2 Å². The van der Waals surface area contributed by atoms with Crippen molar-refractivity contribution in [2.75, 3.05) is 12.0 Å². The summed E-state index contributed by atoms with van der Waals surface area (Å²) >= 11 is 1.66. The van der Waals surface area contributed by atoms with Gasteiger partial charge in [0.15, 0.2) is 0 Å². The highest BCUT2D eigenvalue weighted by molar-refractivity contribution is 7.98. The molecule has 3 aliphatic rings. The number of fused-ring (bicyclic) bond motifs is 7. The van der Waals surface area contributed by atoms with Gasteiger partial charge in [-0.1, -0.05) is 55.7 Å². The van der Waals surface area contributed by atoms with Crippen molar-refractivity contribution in [1.29, 1.82) is 0 Å². The molecule has 0 spiro atoms. The maximum absolute atomic E-state index is 14.0. The molecule has 2 aliphatic heterocycles. The van der Waals surface area contributed by atoms with Crippen molar-refractivity contribution in [3.8, 4) is 0 Å². The summed E-state index contributed by atoms with van der Waals surface area (Å²) in [7, 11) is 0. The molecule has 8 heteroatoms. The molecule has 0 radical (unpaired) electrons. The van der Waals surface area contributed by atoms with E-state index in [1.165, 1.54) is 6.42 Å². The first-order valence-corrected chi connectivity index (χ1v) is 15.1. The average molecular weight is 531 g/mol. The first-order valence-electron chi connectivity index (χ1n) is 13.7. The number of benzene rings is 2. The van der Waals surface area contributed by atoms with E-state index in [2.05, 4.69) is 21.7 Å². The van der Waals surface area contributed by atoms with E-state index < -0.39 is 12.1 Å². The summed E-state index contributed by atoms with van der Waals surface area (Å²) in [5.74, 6) is 0.242. The summed E-state index contributed by atoms with van der Waals surface area (Å²) in [6, 6.07) is 14.2. The number of thioether (sulfide) groups is 1.